The van der Waals surface area contributed by atoms with Gasteiger partial charge in [0.1, 0.15) is 0 Å². The first-order valence-corrected chi connectivity index (χ1v) is 9.23. The molecule has 4 atom stereocenters. The molecule has 2 N–H and O–H groups in total. The molecule has 21 heavy (non-hydrogen) atoms. The number of nitrogens with two attached hydrogens (primary N) is 1. The van der Waals surface area contributed by atoms with Crippen LogP contribution in [0.1, 0.15) is 40.0 Å². The predicted octanol–water partition coefficient (Wildman–Crippen LogP) is 1.69. The van der Waals surface area contributed by atoms with Crippen molar-refractivity contribution in [2.24, 2.45) is 23.5 Å². The molecule has 2 aliphatic heterocycles. The van der Waals surface area contributed by atoms with Gasteiger partial charge in [0, 0.05) is 32.2 Å². The van der Waals surface area contributed by atoms with Crippen LogP contribution in [-0.4, -0.2) is 49.2 Å². The molecule has 126 valence electrons. The zero-order valence-electron chi connectivity index (χ0n) is 13.4. The van der Waals surface area contributed by atoms with E-state index in [1.54, 1.807) is 8.61 Å². The number of piperidine rings is 2. The van der Waals surface area contributed by atoms with Crippen LogP contribution in [0.25, 0.3) is 0 Å². The van der Waals surface area contributed by atoms with Gasteiger partial charge in [-0.2, -0.15) is 17.0 Å². The summed E-state index contributed by atoms with van der Waals surface area (Å²) in [6.45, 7) is 8.71. The molecule has 0 aromatic carbocycles. The van der Waals surface area contributed by atoms with Crippen LogP contribution in [0.2, 0.25) is 0 Å². The molecular weight excluding hydrogens is 310 g/mol. The summed E-state index contributed by atoms with van der Waals surface area (Å²) in [4.78, 5) is 0. The lowest BCUT2D eigenvalue weighted by Gasteiger charge is -2.43. The Labute approximate surface area is 135 Å². The quantitative estimate of drug-likeness (QED) is 0.850. The Morgan fingerprint density at radius 1 is 1.14 bits per heavy atom. The Morgan fingerprint density at radius 3 is 2.24 bits per heavy atom. The zero-order valence-corrected chi connectivity index (χ0v) is 15.0. The van der Waals surface area contributed by atoms with E-state index in [0.717, 1.165) is 19.3 Å². The lowest BCUT2D eigenvalue weighted by molar-refractivity contribution is 0.160. The first kappa shape index (κ1) is 19.2. The van der Waals surface area contributed by atoms with Gasteiger partial charge >= 0.3 is 0 Å². The molecule has 0 saturated carbocycles. The van der Waals surface area contributed by atoms with E-state index in [1.807, 2.05) is 0 Å². The van der Waals surface area contributed by atoms with Gasteiger partial charge in [0.05, 0.1) is 0 Å². The van der Waals surface area contributed by atoms with Crippen molar-refractivity contribution in [2.45, 2.75) is 46.1 Å². The summed E-state index contributed by atoms with van der Waals surface area (Å²) in [7, 11) is -3.36. The normalized spacial score (nSPS) is 36.2. The number of nitrogens with zero attached hydrogens (tertiary/aromatic N) is 2. The summed E-state index contributed by atoms with van der Waals surface area (Å²) in [6.07, 6.45) is 3.12. The average Bonchev–Trinajstić information content (AvgIpc) is 2.37. The monoisotopic (exact) mass is 339 g/mol. The molecule has 0 bridgehead atoms. The highest BCUT2D eigenvalue weighted by atomic mass is 35.5. The van der Waals surface area contributed by atoms with Crippen LogP contribution in [-0.2, 0) is 10.2 Å². The maximum Gasteiger partial charge on any atom is 0.282 e. The molecule has 0 spiro atoms. The third kappa shape index (κ3) is 4.10. The second-order valence-electron chi connectivity index (χ2n) is 6.80. The van der Waals surface area contributed by atoms with Crippen molar-refractivity contribution in [2.75, 3.05) is 26.2 Å². The van der Waals surface area contributed by atoms with E-state index in [1.165, 1.54) is 0 Å². The van der Waals surface area contributed by atoms with Crippen molar-refractivity contribution in [3.05, 3.63) is 0 Å². The Balaban J connectivity index is 0.00000220. The minimum atomic E-state index is -3.36. The van der Waals surface area contributed by atoms with Gasteiger partial charge in [-0.15, -0.1) is 12.4 Å². The van der Waals surface area contributed by atoms with E-state index < -0.39 is 10.2 Å². The maximum atomic E-state index is 12.9. The van der Waals surface area contributed by atoms with Crippen molar-refractivity contribution in [3.8, 4) is 0 Å². The molecular formula is C14H30ClN3O2S. The summed E-state index contributed by atoms with van der Waals surface area (Å²) in [5.41, 5.74) is 5.84. The fraction of sp³-hybridized carbons (Fsp3) is 1.00. The summed E-state index contributed by atoms with van der Waals surface area (Å²) in [5, 5.41) is 0. The molecule has 2 rings (SSSR count). The minimum absolute atomic E-state index is 0. The van der Waals surface area contributed by atoms with Crippen molar-refractivity contribution in [3.63, 3.8) is 0 Å². The smallest absolute Gasteiger partial charge is 0.282 e. The van der Waals surface area contributed by atoms with E-state index in [2.05, 4.69) is 20.8 Å². The van der Waals surface area contributed by atoms with Crippen LogP contribution in [0.4, 0.5) is 0 Å². The molecule has 2 heterocycles. The third-order valence-corrected chi connectivity index (χ3v) is 6.76. The number of hydrogen-bond acceptors (Lipinski definition) is 3. The summed E-state index contributed by atoms with van der Waals surface area (Å²) < 4.78 is 29.2. The number of halogens is 1. The van der Waals surface area contributed by atoms with Gasteiger partial charge < -0.3 is 5.73 Å². The molecule has 0 amide bonds. The van der Waals surface area contributed by atoms with Crippen LogP contribution in [0.3, 0.4) is 0 Å². The summed E-state index contributed by atoms with van der Waals surface area (Å²) >= 11 is 0. The maximum absolute atomic E-state index is 12.9. The van der Waals surface area contributed by atoms with Crippen LogP contribution in [0.15, 0.2) is 0 Å². The van der Waals surface area contributed by atoms with Gasteiger partial charge in [0.25, 0.3) is 10.2 Å². The fourth-order valence-electron chi connectivity index (χ4n) is 3.79. The summed E-state index contributed by atoms with van der Waals surface area (Å²) in [5.74, 6) is 1.22. The average molecular weight is 340 g/mol. The fourth-order valence-corrected chi connectivity index (χ4v) is 5.97. The Bertz CT molecular complexity index is 422. The van der Waals surface area contributed by atoms with Crippen LogP contribution in [0, 0.1) is 17.8 Å². The van der Waals surface area contributed by atoms with Gasteiger partial charge in [-0.25, -0.2) is 0 Å². The molecule has 4 unspecified atom stereocenters. The topological polar surface area (TPSA) is 66.6 Å². The highest BCUT2D eigenvalue weighted by Gasteiger charge is 2.40. The largest absolute Gasteiger partial charge is 0.329 e. The van der Waals surface area contributed by atoms with E-state index in [-0.39, 0.29) is 18.4 Å². The zero-order chi connectivity index (χ0) is 14.9. The molecule has 0 aromatic rings. The van der Waals surface area contributed by atoms with Crippen molar-refractivity contribution in [1.82, 2.24) is 8.61 Å². The standard InChI is InChI=1S/C14H29N3O2S.ClH/c1-11-7-12(2)10-16(9-11)20(18,19)17-6-4-5-13(3)14(17)8-15;/h11-14H,4-10,15H2,1-3H3;1H. The Kier molecular flexibility index (Phi) is 6.93. The van der Waals surface area contributed by atoms with E-state index >= 15 is 0 Å². The van der Waals surface area contributed by atoms with Crippen molar-refractivity contribution in [1.29, 1.82) is 0 Å². The predicted molar refractivity (Wildman–Crippen MR) is 88.6 cm³/mol. The first-order valence-electron chi connectivity index (χ1n) is 7.83. The van der Waals surface area contributed by atoms with Gasteiger partial charge in [-0.3, -0.25) is 0 Å². The highest BCUT2D eigenvalue weighted by Crippen LogP contribution is 2.30. The van der Waals surface area contributed by atoms with Crippen molar-refractivity contribution >= 4 is 22.6 Å². The SMILES string of the molecule is CC1CC(C)CN(S(=O)(=O)N2CCCC(C)C2CN)C1.Cl. The molecule has 5 nitrogen and oxygen atoms in total. The Hall–Kier alpha value is 0.120. The Morgan fingerprint density at radius 2 is 1.71 bits per heavy atom. The number of hydrogen-bond donors (Lipinski definition) is 1. The van der Waals surface area contributed by atoms with Gasteiger partial charge in [-0.05, 0) is 37.0 Å². The molecule has 7 heteroatoms. The van der Waals surface area contributed by atoms with Crippen molar-refractivity contribution < 1.29 is 8.42 Å². The molecule has 0 aliphatic carbocycles. The second-order valence-corrected chi connectivity index (χ2v) is 8.69. The van der Waals surface area contributed by atoms with Crippen LogP contribution < -0.4 is 5.73 Å². The van der Waals surface area contributed by atoms with Gasteiger partial charge in [0.2, 0.25) is 0 Å². The molecule has 2 fully saturated rings. The summed E-state index contributed by atoms with van der Waals surface area (Å²) in [6, 6.07) is -0.0405. The minimum Gasteiger partial charge on any atom is -0.329 e. The highest BCUT2D eigenvalue weighted by molar-refractivity contribution is 7.86. The van der Waals surface area contributed by atoms with Gasteiger partial charge in [-0.1, -0.05) is 20.8 Å². The van der Waals surface area contributed by atoms with E-state index in [0.29, 0.717) is 43.9 Å². The second kappa shape index (κ2) is 7.59. The molecule has 2 saturated heterocycles. The van der Waals surface area contributed by atoms with E-state index in [4.69, 9.17) is 5.73 Å². The molecule has 2 aliphatic rings. The third-order valence-electron chi connectivity index (χ3n) is 4.76. The molecule has 0 aromatic heterocycles. The van der Waals surface area contributed by atoms with Crippen LogP contribution in [0.5, 0.6) is 0 Å². The molecule has 0 radical (unpaired) electrons. The van der Waals surface area contributed by atoms with Crippen LogP contribution >= 0.6 is 12.4 Å². The lowest BCUT2D eigenvalue weighted by Crippen LogP contribution is -2.57. The van der Waals surface area contributed by atoms with Gasteiger partial charge in [0.15, 0.2) is 0 Å². The lowest BCUT2D eigenvalue weighted by atomic mass is 9.93. The number of rotatable bonds is 3. The first-order chi connectivity index (χ1) is 9.36. The van der Waals surface area contributed by atoms with E-state index in [9.17, 15) is 8.42 Å².